The van der Waals surface area contributed by atoms with E-state index >= 15 is 0 Å². The van der Waals surface area contributed by atoms with Crippen molar-refractivity contribution in [1.29, 1.82) is 0 Å². The fraction of sp³-hybridized carbons (Fsp3) is 0.476. The molecule has 6 N–H and O–H groups in total. The summed E-state index contributed by atoms with van der Waals surface area (Å²) in [5.41, 5.74) is 7.00. The van der Waals surface area contributed by atoms with Crippen LogP contribution in [0.5, 0.6) is 5.75 Å². The average Bonchev–Trinajstić information content (AvgIpc) is 3.43. The highest BCUT2D eigenvalue weighted by Gasteiger charge is 2.32. The quantitative estimate of drug-likeness (QED) is 0.468. The molecule has 0 bridgehead atoms. The van der Waals surface area contributed by atoms with Crippen molar-refractivity contribution in [2.24, 2.45) is 5.73 Å². The largest absolute Gasteiger partial charge is 0.507 e. The van der Waals surface area contributed by atoms with Gasteiger partial charge in [-0.25, -0.2) is 4.98 Å². The van der Waals surface area contributed by atoms with Crippen LogP contribution >= 0.6 is 0 Å². The number of anilines is 1. The number of phenolic OH excluding ortho intramolecular Hbond substituents is 1. The Morgan fingerprint density at radius 3 is 2.70 bits per heavy atom. The number of benzene rings is 1. The SMILES string of the molecule is Cc1cc(O)c(C(=O)N[C@H]2CCC[C@H](N)C2O)cc1NC(=O)c1coc(C2CC2)n1. The maximum absolute atomic E-state index is 12.7. The Morgan fingerprint density at radius 1 is 1.20 bits per heavy atom. The summed E-state index contributed by atoms with van der Waals surface area (Å²) in [6, 6.07) is 1.94. The molecule has 2 saturated carbocycles. The van der Waals surface area contributed by atoms with Gasteiger partial charge in [-0.1, -0.05) is 0 Å². The van der Waals surface area contributed by atoms with Gasteiger partial charge in [-0.05, 0) is 56.7 Å². The van der Waals surface area contributed by atoms with Gasteiger partial charge in [0.25, 0.3) is 11.8 Å². The monoisotopic (exact) mass is 414 g/mol. The molecule has 9 heteroatoms. The molecule has 2 aliphatic rings. The number of hydrogen-bond donors (Lipinski definition) is 5. The van der Waals surface area contributed by atoms with Gasteiger partial charge in [0, 0.05) is 17.6 Å². The number of carbonyl (C=O) groups excluding carboxylic acids is 2. The number of aromatic hydroxyl groups is 1. The number of phenols is 1. The van der Waals surface area contributed by atoms with Crippen LogP contribution in [0.25, 0.3) is 0 Å². The lowest BCUT2D eigenvalue weighted by molar-refractivity contribution is 0.0615. The van der Waals surface area contributed by atoms with Crippen LogP contribution in [0.4, 0.5) is 5.69 Å². The van der Waals surface area contributed by atoms with Crippen molar-refractivity contribution in [2.75, 3.05) is 5.32 Å². The number of amides is 2. The van der Waals surface area contributed by atoms with Gasteiger partial charge in [-0.15, -0.1) is 0 Å². The van der Waals surface area contributed by atoms with Crippen LogP contribution in [0.1, 0.15) is 70.3 Å². The van der Waals surface area contributed by atoms with Gasteiger partial charge < -0.3 is 31.0 Å². The van der Waals surface area contributed by atoms with Gasteiger partial charge in [-0.3, -0.25) is 9.59 Å². The minimum Gasteiger partial charge on any atom is -0.507 e. The highest BCUT2D eigenvalue weighted by atomic mass is 16.3. The first kappa shape index (κ1) is 20.4. The molecular formula is C21H26N4O5. The van der Waals surface area contributed by atoms with Crippen molar-refractivity contribution in [3.63, 3.8) is 0 Å². The van der Waals surface area contributed by atoms with Gasteiger partial charge in [0.1, 0.15) is 12.0 Å². The summed E-state index contributed by atoms with van der Waals surface area (Å²) in [6.07, 6.45) is 4.60. The van der Waals surface area contributed by atoms with Gasteiger partial charge >= 0.3 is 0 Å². The van der Waals surface area contributed by atoms with E-state index in [1.54, 1.807) is 6.92 Å². The Morgan fingerprint density at radius 2 is 1.97 bits per heavy atom. The van der Waals surface area contributed by atoms with Crippen LogP contribution in [0.2, 0.25) is 0 Å². The standard InChI is InChI=1S/C21H26N4O5/c1-10-7-17(26)12(19(28)23-14-4-2-3-13(22)18(14)27)8-15(10)24-20(29)16-9-30-21(25-16)11-5-6-11/h7-9,11,13-14,18,26-27H,2-6,22H2,1H3,(H,23,28)(H,24,29)/t13-,14-,18?/m0/s1. The van der Waals surface area contributed by atoms with Crippen molar-refractivity contribution >= 4 is 17.5 Å². The number of aromatic nitrogens is 1. The first-order valence-corrected chi connectivity index (χ1v) is 10.2. The van der Waals surface area contributed by atoms with E-state index in [0.29, 0.717) is 35.9 Å². The molecule has 0 radical (unpaired) electrons. The van der Waals surface area contributed by atoms with Crippen LogP contribution in [-0.4, -0.2) is 45.2 Å². The lowest BCUT2D eigenvalue weighted by Crippen LogP contribution is -2.53. The zero-order valence-electron chi connectivity index (χ0n) is 16.7. The molecule has 30 heavy (non-hydrogen) atoms. The molecule has 2 aliphatic carbocycles. The first-order chi connectivity index (χ1) is 14.3. The number of aliphatic hydroxyl groups is 1. The van der Waals surface area contributed by atoms with Crippen LogP contribution in [-0.2, 0) is 0 Å². The number of nitrogens with two attached hydrogens (primary N) is 1. The minimum absolute atomic E-state index is 0.000988. The van der Waals surface area contributed by atoms with E-state index in [1.807, 2.05) is 0 Å². The van der Waals surface area contributed by atoms with Crippen molar-refractivity contribution in [2.45, 2.75) is 63.1 Å². The molecule has 1 aromatic carbocycles. The smallest absolute Gasteiger partial charge is 0.277 e. The number of rotatable bonds is 5. The lowest BCUT2D eigenvalue weighted by atomic mass is 9.88. The molecule has 2 fully saturated rings. The summed E-state index contributed by atoms with van der Waals surface area (Å²) in [7, 11) is 0. The van der Waals surface area contributed by atoms with E-state index in [4.69, 9.17) is 10.2 Å². The first-order valence-electron chi connectivity index (χ1n) is 10.2. The van der Waals surface area contributed by atoms with E-state index < -0.39 is 30.0 Å². The third kappa shape index (κ3) is 4.17. The molecular weight excluding hydrogens is 388 g/mol. The van der Waals surface area contributed by atoms with Gasteiger partial charge in [-0.2, -0.15) is 0 Å². The van der Waals surface area contributed by atoms with Crippen molar-refractivity contribution in [3.8, 4) is 5.75 Å². The fourth-order valence-electron chi connectivity index (χ4n) is 3.72. The Labute approximate surface area is 173 Å². The maximum Gasteiger partial charge on any atom is 0.277 e. The van der Waals surface area contributed by atoms with Crippen LogP contribution < -0.4 is 16.4 Å². The van der Waals surface area contributed by atoms with E-state index in [0.717, 1.165) is 19.3 Å². The zero-order valence-corrected chi connectivity index (χ0v) is 16.7. The van der Waals surface area contributed by atoms with Gasteiger partial charge in [0.15, 0.2) is 11.6 Å². The molecule has 0 spiro atoms. The molecule has 1 unspecified atom stereocenters. The summed E-state index contributed by atoms with van der Waals surface area (Å²) in [6.45, 7) is 1.71. The second kappa shape index (κ2) is 8.08. The fourth-order valence-corrected chi connectivity index (χ4v) is 3.72. The Hall–Kier alpha value is -2.91. The number of carbonyl (C=O) groups is 2. The number of aryl methyl sites for hydroxylation is 1. The Kier molecular flexibility index (Phi) is 5.48. The normalized spacial score (nSPS) is 23.8. The maximum atomic E-state index is 12.7. The summed E-state index contributed by atoms with van der Waals surface area (Å²) in [4.78, 5) is 29.5. The predicted octanol–water partition coefficient (Wildman–Crippen LogP) is 1.79. The lowest BCUT2D eigenvalue weighted by Gasteiger charge is -2.33. The number of oxazole rings is 1. The molecule has 0 saturated heterocycles. The highest BCUT2D eigenvalue weighted by Crippen LogP contribution is 2.39. The summed E-state index contributed by atoms with van der Waals surface area (Å²) < 4.78 is 5.35. The number of aliphatic hydroxyl groups excluding tert-OH is 1. The third-order valence-corrected chi connectivity index (χ3v) is 5.74. The van der Waals surface area contributed by atoms with Gasteiger partial charge in [0.2, 0.25) is 0 Å². The van der Waals surface area contributed by atoms with E-state index in [9.17, 15) is 19.8 Å². The molecule has 4 rings (SSSR count). The van der Waals surface area contributed by atoms with E-state index in [2.05, 4.69) is 15.6 Å². The molecule has 2 aromatic rings. The zero-order chi connectivity index (χ0) is 21.4. The number of hydrogen-bond acceptors (Lipinski definition) is 7. The minimum atomic E-state index is -0.845. The van der Waals surface area contributed by atoms with Crippen molar-refractivity contribution in [1.82, 2.24) is 10.3 Å². The third-order valence-electron chi connectivity index (χ3n) is 5.74. The second-order valence-corrected chi connectivity index (χ2v) is 8.15. The van der Waals surface area contributed by atoms with Gasteiger partial charge in [0.05, 0.1) is 17.7 Å². The van der Waals surface area contributed by atoms with Crippen LogP contribution in [0.15, 0.2) is 22.8 Å². The van der Waals surface area contributed by atoms with Crippen LogP contribution in [0, 0.1) is 6.92 Å². The molecule has 2 amide bonds. The molecule has 160 valence electrons. The average molecular weight is 414 g/mol. The van der Waals surface area contributed by atoms with Crippen molar-refractivity contribution in [3.05, 3.63) is 41.1 Å². The number of nitrogens with one attached hydrogen (secondary N) is 2. The summed E-state index contributed by atoms with van der Waals surface area (Å²) in [5.74, 6) is -0.361. The van der Waals surface area contributed by atoms with E-state index in [1.165, 1.54) is 18.4 Å². The molecule has 1 heterocycles. The summed E-state index contributed by atoms with van der Waals surface area (Å²) >= 11 is 0. The molecule has 0 aliphatic heterocycles. The van der Waals surface area contributed by atoms with Crippen LogP contribution in [0.3, 0.4) is 0 Å². The number of nitrogens with zero attached hydrogens (tertiary/aromatic N) is 1. The Bertz CT molecular complexity index is 968. The highest BCUT2D eigenvalue weighted by molar-refractivity contribution is 6.05. The van der Waals surface area contributed by atoms with E-state index in [-0.39, 0.29) is 17.0 Å². The topological polar surface area (TPSA) is 151 Å². The molecule has 1 aromatic heterocycles. The second-order valence-electron chi connectivity index (χ2n) is 8.15. The Balaban J connectivity index is 1.49. The summed E-state index contributed by atoms with van der Waals surface area (Å²) in [5, 5.41) is 25.9. The molecule has 9 nitrogen and oxygen atoms in total. The van der Waals surface area contributed by atoms with Crippen molar-refractivity contribution < 1.29 is 24.2 Å². The predicted molar refractivity (Wildman–Crippen MR) is 108 cm³/mol. The molecule has 3 atom stereocenters.